The Morgan fingerprint density at radius 2 is 1.61 bits per heavy atom. The molecule has 0 aromatic heterocycles. The zero-order chi connectivity index (χ0) is 24.6. The molecule has 2 aromatic rings. The maximum absolute atomic E-state index is 12.8. The maximum atomic E-state index is 12.8. The fraction of sp³-hybridized carbons (Fsp3) is 0.417. The van der Waals surface area contributed by atoms with Crippen LogP contribution in [-0.4, -0.2) is 50.8 Å². The monoisotopic (exact) mass is 475 g/mol. The average molecular weight is 476 g/mol. The van der Waals surface area contributed by atoms with E-state index in [2.05, 4.69) is 10.6 Å². The Kier molecular flexibility index (Phi) is 9.43. The Labute approximate surface area is 196 Å². The highest BCUT2D eigenvalue weighted by molar-refractivity contribution is 7.89. The zero-order valence-electron chi connectivity index (χ0n) is 19.8. The van der Waals surface area contributed by atoms with Gasteiger partial charge in [-0.3, -0.25) is 9.59 Å². The first-order chi connectivity index (χ1) is 15.6. The minimum atomic E-state index is -3.53. The van der Waals surface area contributed by atoms with Crippen molar-refractivity contribution < 1.29 is 22.7 Å². The molecule has 0 fully saturated rings. The third kappa shape index (κ3) is 6.55. The van der Waals surface area contributed by atoms with Crippen LogP contribution in [-0.2, 0) is 21.4 Å². The van der Waals surface area contributed by atoms with E-state index in [1.165, 1.54) is 11.4 Å². The highest BCUT2D eigenvalue weighted by atomic mass is 32.2. The highest BCUT2D eigenvalue weighted by Crippen LogP contribution is 2.18. The van der Waals surface area contributed by atoms with Gasteiger partial charge in [-0.25, -0.2) is 8.42 Å². The summed E-state index contributed by atoms with van der Waals surface area (Å²) in [6.45, 7) is 8.28. The van der Waals surface area contributed by atoms with Gasteiger partial charge in [0.15, 0.2) is 0 Å². The molecule has 0 unspecified atom stereocenters. The molecule has 0 aliphatic heterocycles. The summed E-state index contributed by atoms with van der Waals surface area (Å²) in [6, 6.07) is 12.5. The largest absolute Gasteiger partial charge is 0.496 e. The van der Waals surface area contributed by atoms with E-state index < -0.39 is 22.0 Å². The van der Waals surface area contributed by atoms with E-state index >= 15 is 0 Å². The molecule has 0 heterocycles. The van der Waals surface area contributed by atoms with E-state index in [1.54, 1.807) is 62.4 Å². The van der Waals surface area contributed by atoms with E-state index in [0.29, 0.717) is 24.4 Å². The molecule has 0 saturated heterocycles. The van der Waals surface area contributed by atoms with Crippen LogP contribution < -0.4 is 15.4 Å². The third-order valence-electron chi connectivity index (χ3n) is 5.32. The molecule has 180 valence electrons. The number of hydrogen-bond donors (Lipinski definition) is 2. The van der Waals surface area contributed by atoms with Crippen molar-refractivity contribution in [2.75, 3.05) is 20.2 Å². The van der Waals surface area contributed by atoms with Crippen LogP contribution in [0.1, 0.15) is 43.6 Å². The number of amides is 2. The Morgan fingerprint density at radius 1 is 1.00 bits per heavy atom. The predicted octanol–water partition coefficient (Wildman–Crippen LogP) is 2.80. The SMILES string of the molecule is CCN(CC)S(=O)(=O)c1ccc(CNC(=O)[C@@H](NC(=O)c2ccccc2OC)C(C)C)cc1. The lowest BCUT2D eigenvalue weighted by molar-refractivity contribution is -0.124. The number of sulfonamides is 1. The summed E-state index contributed by atoms with van der Waals surface area (Å²) in [7, 11) is -2.05. The quantitative estimate of drug-likeness (QED) is 0.520. The topological polar surface area (TPSA) is 105 Å². The van der Waals surface area contributed by atoms with Gasteiger partial charge in [0, 0.05) is 19.6 Å². The number of rotatable bonds is 11. The van der Waals surface area contributed by atoms with E-state index in [4.69, 9.17) is 4.74 Å². The standard InChI is InChI=1S/C24H33N3O5S/c1-6-27(7-2)33(30,31)19-14-12-18(13-15-19)16-25-24(29)22(17(3)4)26-23(28)20-10-8-9-11-21(20)32-5/h8-15,17,22H,6-7,16H2,1-5H3,(H,25,29)(H,26,28)/t22-/m0/s1. The predicted molar refractivity (Wildman–Crippen MR) is 127 cm³/mol. The highest BCUT2D eigenvalue weighted by Gasteiger charge is 2.26. The second-order valence-corrected chi connectivity index (χ2v) is 9.78. The van der Waals surface area contributed by atoms with Crippen molar-refractivity contribution >= 4 is 21.8 Å². The van der Waals surface area contributed by atoms with Gasteiger partial charge in [-0.15, -0.1) is 0 Å². The molecule has 2 rings (SSSR count). The number of benzene rings is 2. The molecule has 2 aromatic carbocycles. The van der Waals surface area contributed by atoms with Crippen molar-refractivity contribution in [3.05, 3.63) is 59.7 Å². The van der Waals surface area contributed by atoms with Crippen LogP contribution in [0.3, 0.4) is 0 Å². The summed E-state index contributed by atoms with van der Waals surface area (Å²) in [6.07, 6.45) is 0. The normalized spacial score (nSPS) is 12.5. The van der Waals surface area contributed by atoms with Crippen molar-refractivity contribution in [2.24, 2.45) is 5.92 Å². The minimum Gasteiger partial charge on any atom is -0.496 e. The van der Waals surface area contributed by atoms with Gasteiger partial charge in [0.25, 0.3) is 5.91 Å². The molecule has 0 saturated carbocycles. The van der Waals surface area contributed by atoms with Crippen LogP contribution >= 0.6 is 0 Å². The summed E-state index contributed by atoms with van der Waals surface area (Å²) in [5.74, 6) is -0.441. The molecule has 0 bridgehead atoms. The summed E-state index contributed by atoms with van der Waals surface area (Å²) in [5, 5.41) is 5.61. The van der Waals surface area contributed by atoms with E-state index in [1.807, 2.05) is 13.8 Å². The lowest BCUT2D eigenvalue weighted by Gasteiger charge is -2.22. The van der Waals surface area contributed by atoms with E-state index in [0.717, 1.165) is 5.56 Å². The van der Waals surface area contributed by atoms with Gasteiger partial charge in [-0.05, 0) is 35.7 Å². The third-order valence-corrected chi connectivity index (χ3v) is 7.38. The minimum absolute atomic E-state index is 0.148. The molecule has 33 heavy (non-hydrogen) atoms. The molecule has 1 atom stereocenters. The molecular weight excluding hydrogens is 442 g/mol. The molecule has 0 radical (unpaired) electrons. The molecule has 9 heteroatoms. The molecule has 0 aliphatic carbocycles. The van der Waals surface area contributed by atoms with Gasteiger partial charge < -0.3 is 15.4 Å². The van der Waals surface area contributed by atoms with Crippen molar-refractivity contribution in [3.8, 4) is 5.75 Å². The zero-order valence-corrected chi connectivity index (χ0v) is 20.6. The Bertz CT molecular complexity index is 1050. The summed E-state index contributed by atoms with van der Waals surface area (Å²) in [4.78, 5) is 25.7. The average Bonchev–Trinajstić information content (AvgIpc) is 2.81. The Morgan fingerprint density at radius 3 is 2.15 bits per heavy atom. The fourth-order valence-corrected chi connectivity index (χ4v) is 4.84. The smallest absolute Gasteiger partial charge is 0.255 e. The summed E-state index contributed by atoms with van der Waals surface area (Å²) >= 11 is 0. The second-order valence-electron chi connectivity index (χ2n) is 7.85. The molecular formula is C24H33N3O5S. The fourth-order valence-electron chi connectivity index (χ4n) is 3.38. The Hall–Kier alpha value is -2.91. The van der Waals surface area contributed by atoms with Gasteiger partial charge in [0.2, 0.25) is 15.9 Å². The first-order valence-electron chi connectivity index (χ1n) is 11.0. The summed E-state index contributed by atoms with van der Waals surface area (Å²) in [5.41, 5.74) is 1.10. The number of carbonyl (C=O) groups is 2. The number of methoxy groups -OCH3 is 1. The van der Waals surface area contributed by atoms with Gasteiger partial charge in [0.05, 0.1) is 17.6 Å². The number of ether oxygens (including phenoxy) is 1. The maximum Gasteiger partial charge on any atom is 0.255 e. The molecule has 8 nitrogen and oxygen atoms in total. The first-order valence-corrected chi connectivity index (χ1v) is 12.4. The van der Waals surface area contributed by atoms with E-state index in [9.17, 15) is 18.0 Å². The van der Waals surface area contributed by atoms with Gasteiger partial charge in [0.1, 0.15) is 11.8 Å². The second kappa shape index (κ2) is 11.8. The van der Waals surface area contributed by atoms with Crippen molar-refractivity contribution in [1.82, 2.24) is 14.9 Å². The number of nitrogens with zero attached hydrogens (tertiary/aromatic N) is 1. The van der Waals surface area contributed by atoms with Crippen LogP contribution in [0.2, 0.25) is 0 Å². The number of hydrogen-bond acceptors (Lipinski definition) is 5. The van der Waals surface area contributed by atoms with Crippen LogP contribution in [0.4, 0.5) is 0 Å². The van der Waals surface area contributed by atoms with Crippen LogP contribution in [0.15, 0.2) is 53.4 Å². The molecule has 0 spiro atoms. The van der Waals surface area contributed by atoms with Crippen molar-refractivity contribution in [2.45, 2.75) is 45.2 Å². The number of nitrogens with one attached hydrogen (secondary N) is 2. The molecule has 0 aliphatic rings. The molecule has 2 amide bonds. The van der Waals surface area contributed by atoms with Gasteiger partial charge >= 0.3 is 0 Å². The summed E-state index contributed by atoms with van der Waals surface area (Å²) < 4.78 is 31.8. The van der Waals surface area contributed by atoms with Crippen LogP contribution in [0, 0.1) is 5.92 Å². The van der Waals surface area contributed by atoms with Gasteiger partial charge in [-0.1, -0.05) is 52.0 Å². The van der Waals surface area contributed by atoms with E-state index in [-0.39, 0.29) is 23.3 Å². The number of carbonyl (C=O) groups excluding carboxylic acids is 2. The van der Waals surface area contributed by atoms with Crippen molar-refractivity contribution in [1.29, 1.82) is 0 Å². The van der Waals surface area contributed by atoms with Gasteiger partial charge in [-0.2, -0.15) is 4.31 Å². The lowest BCUT2D eigenvalue weighted by atomic mass is 10.0. The first kappa shape index (κ1) is 26.3. The molecule has 2 N–H and O–H groups in total. The number of para-hydroxylation sites is 1. The lowest BCUT2D eigenvalue weighted by Crippen LogP contribution is -2.49. The van der Waals surface area contributed by atoms with Crippen LogP contribution in [0.25, 0.3) is 0 Å². The van der Waals surface area contributed by atoms with Crippen LogP contribution in [0.5, 0.6) is 5.75 Å². The Balaban J connectivity index is 2.06. The van der Waals surface area contributed by atoms with Crippen molar-refractivity contribution in [3.63, 3.8) is 0 Å².